The van der Waals surface area contributed by atoms with E-state index in [1.165, 1.54) is 0 Å². The van der Waals surface area contributed by atoms with Gasteiger partial charge in [-0.2, -0.15) is 5.10 Å². The molecular formula is C12H10N2O3. The number of rotatable bonds is 1. The molecule has 86 valence electrons. The third kappa shape index (κ3) is 1.32. The smallest absolute Gasteiger partial charge is 0.354 e. The fraction of sp³-hybridized carbons (Fsp3) is 0.167. The highest BCUT2D eigenvalue weighted by Crippen LogP contribution is 2.39. The first-order valence-corrected chi connectivity index (χ1v) is 5.22. The lowest BCUT2D eigenvalue weighted by molar-refractivity contribution is 0.0687. The molecule has 5 heteroatoms. The average Bonchev–Trinajstić information content (AvgIpc) is 2.73. The normalized spacial score (nSPS) is 12.5. The number of para-hydroxylation sites is 1. The van der Waals surface area contributed by atoms with Crippen LogP contribution in [0.4, 0.5) is 0 Å². The highest BCUT2D eigenvalue weighted by atomic mass is 16.5. The number of aromatic amines is 1. The van der Waals surface area contributed by atoms with Gasteiger partial charge in [-0.15, -0.1) is 0 Å². The fourth-order valence-corrected chi connectivity index (χ4v) is 2.08. The molecular weight excluding hydrogens is 220 g/mol. The maximum Gasteiger partial charge on any atom is 0.354 e. The molecule has 3 rings (SSSR count). The number of aromatic carboxylic acids is 1. The van der Waals surface area contributed by atoms with Gasteiger partial charge in [-0.1, -0.05) is 12.1 Å². The Morgan fingerprint density at radius 2 is 2.35 bits per heavy atom. The number of carbonyl (C=O) groups is 1. The number of carboxylic acids is 1. The van der Waals surface area contributed by atoms with E-state index in [-0.39, 0.29) is 12.3 Å². The molecule has 0 aliphatic carbocycles. The van der Waals surface area contributed by atoms with Crippen LogP contribution in [-0.2, 0) is 6.61 Å². The fourth-order valence-electron chi connectivity index (χ4n) is 2.08. The number of ether oxygens (including phenoxy) is 1. The van der Waals surface area contributed by atoms with Crippen LogP contribution >= 0.6 is 0 Å². The zero-order valence-corrected chi connectivity index (χ0v) is 9.15. The molecule has 0 atom stereocenters. The minimum atomic E-state index is -1.02. The van der Waals surface area contributed by atoms with E-state index in [9.17, 15) is 4.79 Å². The highest BCUT2D eigenvalue weighted by molar-refractivity contribution is 5.90. The Kier molecular flexibility index (Phi) is 1.95. The van der Waals surface area contributed by atoms with E-state index < -0.39 is 5.97 Å². The third-order valence-corrected chi connectivity index (χ3v) is 2.91. The number of carboxylic acid groups (broad SMARTS) is 1. The number of fused-ring (bicyclic) bond motifs is 3. The number of aromatic nitrogens is 2. The molecule has 2 aromatic rings. The molecule has 1 aliphatic heterocycles. The first kappa shape index (κ1) is 9.89. The summed E-state index contributed by atoms with van der Waals surface area (Å²) in [5.41, 5.74) is 3.25. The molecule has 0 amide bonds. The summed E-state index contributed by atoms with van der Waals surface area (Å²) < 4.78 is 5.61. The standard InChI is InChI=1S/C12H10N2O3/c1-6-3-2-4-7-9-8(5-17-11(6)7)10(12(15)16)14-13-9/h2-4H,5H2,1H3,(H,13,14)(H,15,16). The Morgan fingerprint density at radius 3 is 3.12 bits per heavy atom. The van der Waals surface area contributed by atoms with Crippen molar-refractivity contribution in [2.75, 3.05) is 0 Å². The van der Waals surface area contributed by atoms with Gasteiger partial charge in [0.05, 0.1) is 5.56 Å². The number of benzene rings is 1. The van der Waals surface area contributed by atoms with Gasteiger partial charge in [0.1, 0.15) is 18.1 Å². The van der Waals surface area contributed by atoms with Crippen molar-refractivity contribution in [1.29, 1.82) is 0 Å². The summed E-state index contributed by atoms with van der Waals surface area (Å²) in [4.78, 5) is 11.0. The topological polar surface area (TPSA) is 75.2 Å². The van der Waals surface area contributed by atoms with Gasteiger partial charge < -0.3 is 9.84 Å². The second kappa shape index (κ2) is 3.35. The Balaban J connectivity index is 2.25. The van der Waals surface area contributed by atoms with Crippen molar-refractivity contribution >= 4 is 5.97 Å². The van der Waals surface area contributed by atoms with Crippen molar-refractivity contribution in [3.05, 3.63) is 35.0 Å². The number of hydrogen-bond acceptors (Lipinski definition) is 3. The van der Waals surface area contributed by atoms with E-state index in [1.807, 2.05) is 25.1 Å². The lowest BCUT2D eigenvalue weighted by Crippen LogP contribution is -2.09. The van der Waals surface area contributed by atoms with Crippen LogP contribution in [-0.4, -0.2) is 21.3 Å². The van der Waals surface area contributed by atoms with Gasteiger partial charge in [0.25, 0.3) is 0 Å². The van der Waals surface area contributed by atoms with Crippen LogP contribution in [0.3, 0.4) is 0 Å². The van der Waals surface area contributed by atoms with Gasteiger partial charge in [0.2, 0.25) is 0 Å². The molecule has 2 heterocycles. The first-order chi connectivity index (χ1) is 8.18. The summed E-state index contributed by atoms with van der Waals surface area (Å²) in [7, 11) is 0. The Bertz CT molecular complexity index is 616. The summed E-state index contributed by atoms with van der Waals surface area (Å²) in [5, 5.41) is 15.6. The molecule has 1 aliphatic rings. The molecule has 0 spiro atoms. The Labute approximate surface area is 97.0 Å². The maximum atomic E-state index is 11.0. The Morgan fingerprint density at radius 1 is 1.53 bits per heavy atom. The van der Waals surface area contributed by atoms with Crippen LogP contribution in [0.25, 0.3) is 11.3 Å². The molecule has 0 saturated heterocycles. The van der Waals surface area contributed by atoms with Crippen LogP contribution in [0.15, 0.2) is 18.2 Å². The molecule has 0 saturated carbocycles. The molecule has 0 fully saturated rings. The van der Waals surface area contributed by atoms with Crippen molar-refractivity contribution in [3.63, 3.8) is 0 Å². The number of aryl methyl sites for hydroxylation is 1. The van der Waals surface area contributed by atoms with E-state index >= 15 is 0 Å². The average molecular weight is 230 g/mol. The van der Waals surface area contributed by atoms with Crippen LogP contribution in [0.2, 0.25) is 0 Å². The van der Waals surface area contributed by atoms with Crippen LogP contribution in [0.5, 0.6) is 5.75 Å². The molecule has 5 nitrogen and oxygen atoms in total. The summed E-state index contributed by atoms with van der Waals surface area (Å²) in [6.07, 6.45) is 0. The van der Waals surface area contributed by atoms with E-state index in [1.54, 1.807) is 0 Å². The Hall–Kier alpha value is -2.30. The van der Waals surface area contributed by atoms with Gasteiger partial charge in [-0.25, -0.2) is 4.79 Å². The monoisotopic (exact) mass is 230 g/mol. The summed E-state index contributed by atoms with van der Waals surface area (Å²) in [5.74, 6) is -0.234. The molecule has 0 radical (unpaired) electrons. The lowest BCUT2D eigenvalue weighted by atomic mass is 10.0. The van der Waals surface area contributed by atoms with Crippen molar-refractivity contribution in [2.45, 2.75) is 13.5 Å². The summed E-state index contributed by atoms with van der Waals surface area (Å²) >= 11 is 0. The van der Waals surface area contributed by atoms with Gasteiger partial charge in [0.15, 0.2) is 5.69 Å². The number of nitrogens with one attached hydrogen (secondary N) is 1. The van der Waals surface area contributed by atoms with Gasteiger partial charge in [-0.05, 0) is 18.6 Å². The summed E-state index contributed by atoms with van der Waals surface area (Å²) in [6, 6.07) is 5.74. The maximum absolute atomic E-state index is 11.0. The van der Waals surface area contributed by atoms with Crippen LogP contribution in [0, 0.1) is 6.92 Å². The highest BCUT2D eigenvalue weighted by Gasteiger charge is 2.26. The first-order valence-electron chi connectivity index (χ1n) is 5.22. The molecule has 17 heavy (non-hydrogen) atoms. The second-order valence-electron chi connectivity index (χ2n) is 3.97. The van der Waals surface area contributed by atoms with E-state index in [4.69, 9.17) is 9.84 Å². The van der Waals surface area contributed by atoms with Gasteiger partial charge in [-0.3, -0.25) is 5.10 Å². The minimum Gasteiger partial charge on any atom is -0.488 e. The van der Waals surface area contributed by atoms with E-state index in [0.717, 1.165) is 16.9 Å². The summed E-state index contributed by atoms with van der Waals surface area (Å²) in [6.45, 7) is 2.19. The van der Waals surface area contributed by atoms with Crippen LogP contribution < -0.4 is 4.74 Å². The minimum absolute atomic E-state index is 0.104. The largest absolute Gasteiger partial charge is 0.488 e. The van der Waals surface area contributed by atoms with Crippen LogP contribution in [0.1, 0.15) is 21.6 Å². The molecule has 1 aromatic carbocycles. The van der Waals surface area contributed by atoms with Gasteiger partial charge >= 0.3 is 5.97 Å². The molecule has 2 N–H and O–H groups in total. The number of H-pyrrole nitrogens is 1. The molecule has 0 unspecified atom stereocenters. The van der Waals surface area contributed by atoms with Crippen molar-refractivity contribution < 1.29 is 14.6 Å². The predicted molar refractivity (Wildman–Crippen MR) is 60.1 cm³/mol. The predicted octanol–water partition coefficient (Wildman–Crippen LogP) is 1.98. The quantitative estimate of drug-likeness (QED) is 0.785. The molecule has 1 aromatic heterocycles. The van der Waals surface area contributed by atoms with Crippen molar-refractivity contribution in [2.24, 2.45) is 0 Å². The third-order valence-electron chi connectivity index (χ3n) is 2.91. The van der Waals surface area contributed by atoms with E-state index in [0.29, 0.717) is 11.3 Å². The lowest BCUT2D eigenvalue weighted by Gasteiger charge is -2.18. The van der Waals surface area contributed by atoms with Gasteiger partial charge in [0, 0.05) is 5.56 Å². The molecule has 0 bridgehead atoms. The SMILES string of the molecule is Cc1cccc2c1OCc1c-2n[nH]c1C(=O)O. The van der Waals surface area contributed by atoms with E-state index in [2.05, 4.69) is 10.2 Å². The number of nitrogens with zero attached hydrogens (tertiary/aromatic N) is 1. The second-order valence-corrected chi connectivity index (χ2v) is 3.97. The van der Waals surface area contributed by atoms with Crippen molar-refractivity contribution in [1.82, 2.24) is 10.2 Å². The van der Waals surface area contributed by atoms with Crippen molar-refractivity contribution in [3.8, 4) is 17.0 Å². The zero-order chi connectivity index (χ0) is 12.0. The number of hydrogen-bond donors (Lipinski definition) is 2. The zero-order valence-electron chi connectivity index (χ0n) is 9.15.